The molecule has 2 saturated carbocycles. The third kappa shape index (κ3) is 2.95. The van der Waals surface area contributed by atoms with Gasteiger partial charge in [-0.2, -0.15) is 4.31 Å². The van der Waals surface area contributed by atoms with E-state index < -0.39 is 10.0 Å². The highest BCUT2D eigenvalue weighted by Crippen LogP contribution is 2.47. The van der Waals surface area contributed by atoms with Gasteiger partial charge < -0.3 is 4.42 Å². The maximum atomic E-state index is 12.9. The molecule has 0 aliphatic heterocycles. The van der Waals surface area contributed by atoms with Crippen molar-refractivity contribution >= 4 is 10.0 Å². The molecule has 2 aliphatic rings. The first-order chi connectivity index (χ1) is 11.1. The van der Waals surface area contributed by atoms with Gasteiger partial charge in [-0.15, -0.1) is 0 Å². The molecule has 0 bridgehead atoms. The van der Waals surface area contributed by atoms with E-state index in [4.69, 9.17) is 4.42 Å². The molecular weight excluding hydrogens is 310 g/mol. The van der Waals surface area contributed by atoms with Gasteiger partial charge in [-0.25, -0.2) is 8.42 Å². The average Bonchev–Trinajstić information content (AvgIpc) is 3.47. The molecule has 0 unspecified atom stereocenters. The summed E-state index contributed by atoms with van der Waals surface area (Å²) in [5, 5.41) is 0. The van der Waals surface area contributed by atoms with Gasteiger partial charge in [0.05, 0.1) is 11.4 Å². The van der Waals surface area contributed by atoms with Gasteiger partial charge in [-0.05, 0) is 49.4 Å². The molecule has 122 valence electrons. The minimum absolute atomic E-state index is 0.105. The molecule has 23 heavy (non-hydrogen) atoms. The van der Waals surface area contributed by atoms with Crippen molar-refractivity contribution in [2.75, 3.05) is 0 Å². The first-order valence-electron chi connectivity index (χ1n) is 8.21. The Hall–Kier alpha value is -1.59. The van der Waals surface area contributed by atoms with Crippen molar-refractivity contribution in [3.63, 3.8) is 0 Å². The van der Waals surface area contributed by atoms with Crippen molar-refractivity contribution in [2.24, 2.45) is 5.92 Å². The zero-order valence-electron chi connectivity index (χ0n) is 13.2. The highest BCUT2D eigenvalue weighted by atomic mass is 32.2. The number of rotatable bonds is 6. The zero-order chi connectivity index (χ0) is 16.0. The van der Waals surface area contributed by atoms with Crippen molar-refractivity contribution in [3.05, 3.63) is 54.0 Å². The molecule has 0 spiro atoms. The van der Waals surface area contributed by atoms with E-state index in [1.54, 1.807) is 28.6 Å². The topological polar surface area (TPSA) is 50.5 Å². The summed E-state index contributed by atoms with van der Waals surface area (Å²) in [6, 6.07) is 12.7. The van der Waals surface area contributed by atoms with Gasteiger partial charge >= 0.3 is 0 Å². The number of nitrogens with zero attached hydrogens (tertiary/aromatic N) is 1. The van der Waals surface area contributed by atoms with E-state index in [1.165, 1.54) is 6.42 Å². The summed E-state index contributed by atoms with van der Waals surface area (Å²) in [7, 11) is -3.47. The fraction of sp³-hybridized carbons (Fsp3) is 0.444. The number of benzene rings is 1. The van der Waals surface area contributed by atoms with Gasteiger partial charge in [0.1, 0.15) is 11.5 Å². The van der Waals surface area contributed by atoms with Crippen LogP contribution < -0.4 is 0 Å². The van der Waals surface area contributed by atoms with Crippen LogP contribution in [0.4, 0.5) is 0 Å². The lowest BCUT2D eigenvalue weighted by Gasteiger charge is -2.20. The van der Waals surface area contributed by atoms with Gasteiger partial charge in [-0.1, -0.05) is 25.1 Å². The summed E-state index contributed by atoms with van der Waals surface area (Å²) in [4.78, 5) is 0.356. The third-order valence-electron chi connectivity index (χ3n) is 4.77. The molecule has 1 heterocycles. The minimum Gasteiger partial charge on any atom is -0.464 e. The minimum atomic E-state index is -3.47. The Labute approximate surface area is 137 Å². The number of sulfonamides is 1. The fourth-order valence-corrected chi connectivity index (χ4v) is 4.72. The molecule has 4 nitrogen and oxygen atoms in total. The van der Waals surface area contributed by atoms with Crippen molar-refractivity contribution in [3.8, 4) is 0 Å². The second-order valence-electron chi connectivity index (χ2n) is 6.72. The Kier molecular flexibility index (Phi) is 3.58. The molecule has 1 aromatic heterocycles. The van der Waals surface area contributed by atoms with E-state index in [-0.39, 0.29) is 6.04 Å². The maximum Gasteiger partial charge on any atom is 0.243 e. The van der Waals surface area contributed by atoms with Crippen molar-refractivity contribution < 1.29 is 12.8 Å². The second-order valence-corrected chi connectivity index (χ2v) is 8.61. The van der Waals surface area contributed by atoms with Gasteiger partial charge in [0.25, 0.3) is 0 Å². The first-order valence-corrected chi connectivity index (χ1v) is 9.65. The Morgan fingerprint density at radius 1 is 1.13 bits per heavy atom. The normalized spacial score (nSPS) is 24.1. The molecule has 1 aromatic carbocycles. The summed E-state index contributed by atoms with van der Waals surface area (Å²) >= 11 is 0. The molecule has 0 saturated heterocycles. The second kappa shape index (κ2) is 5.49. The van der Waals surface area contributed by atoms with Crippen LogP contribution in [-0.4, -0.2) is 18.8 Å². The molecule has 0 radical (unpaired) electrons. The van der Waals surface area contributed by atoms with Crippen LogP contribution in [-0.2, 0) is 16.6 Å². The van der Waals surface area contributed by atoms with E-state index in [0.717, 1.165) is 24.4 Å². The highest BCUT2D eigenvalue weighted by Gasteiger charge is 2.40. The lowest BCUT2D eigenvalue weighted by molar-refractivity contribution is 0.347. The van der Waals surface area contributed by atoms with Gasteiger partial charge in [0.15, 0.2) is 0 Å². The maximum absolute atomic E-state index is 12.9. The molecule has 0 N–H and O–H groups in total. The number of hydrogen-bond donors (Lipinski definition) is 0. The van der Waals surface area contributed by atoms with Crippen LogP contribution in [0.5, 0.6) is 0 Å². The number of hydrogen-bond acceptors (Lipinski definition) is 3. The van der Waals surface area contributed by atoms with Crippen molar-refractivity contribution in [2.45, 2.75) is 49.6 Å². The largest absolute Gasteiger partial charge is 0.464 e. The van der Waals surface area contributed by atoms with Crippen LogP contribution in [0.25, 0.3) is 0 Å². The summed E-state index contributed by atoms with van der Waals surface area (Å²) in [6.07, 6.45) is 3.03. The zero-order valence-corrected chi connectivity index (χ0v) is 14.0. The highest BCUT2D eigenvalue weighted by molar-refractivity contribution is 7.89. The van der Waals surface area contributed by atoms with Gasteiger partial charge in [-0.3, -0.25) is 0 Å². The quantitative estimate of drug-likeness (QED) is 0.810. The SMILES string of the molecule is C[C@H]1C[C@@H]1c1ccc(CN(C2CC2)S(=O)(=O)c2ccccc2)o1. The first kappa shape index (κ1) is 15.0. The fourth-order valence-electron chi connectivity index (χ4n) is 3.05. The number of furan rings is 1. The Morgan fingerprint density at radius 2 is 1.83 bits per heavy atom. The van der Waals surface area contributed by atoms with Crippen LogP contribution in [0, 0.1) is 5.92 Å². The smallest absolute Gasteiger partial charge is 0.243 e. The lowest BCUT2D eigenvalue weighted by atomic mass is 10.3. The van der Waals surface area contributed by atoms with Crippen molar-refractivity contribution in [1.82, 2.24) is 4.31 Å². The molecule has 4 rings (SSSR count). The summed E-state index contributed by atoms with van der Waals surface area (Å²) < 4.78 is 33.3. The van der Waals surface area contributed by atoms with E-state index in [9.17, 15) is 8.42 Å². The molecule has 2 aliphatic carbocycles. The van der Waals surface area contributed by atoms with Crippen molar-refractivity contribution in [1.29, 1.82) is 0 Å². The van der Waals surface area contributed by atoms with E-state index in [2.05, 4.69) is 6.92 Å². The van der Waals surface area contributed by atoms with Crippen LogP contribution in [0.15, 0.2) is 51.8 Å². The summed E-state index contributed by atoms with van der Waals surface area (Å²) in [5.41, 5.74) is 0. The Morgan fingerprint density at radius 3 is 2.43 bits per heavy atom. The van der Waals surface area contributed by atoms with E-state index >= 15 is 0 Å². The van der Waals surface area contributed by atoms with Crippen LogP contribution in [0.2, 0.25) is 0 Å². The van der Waals surface area contributed by atoms with E-state index in [1.807, 2.05) is 18.2 Å². The monoisotopic (exact) mass is 331 g/mol. The van der Waals surface area contributed by atoms with Crippen LogP contribution >= 0.6 is 0 Å². The predicted octanol–water partition coefficient (Wildman–Crippen LogP) is 3.76. The predicted molar refractivity (Wildman–Crippen MR) is 87.4 cm³/mol. The van der Waals surface area contributed by atoms with Gasteiger partial charge in [0, 0.05) is 12.0 Å². The molecule has 0 amide bonds. The average molecular weight is 331 g/mol. The lowest BCUT2D eigenvalue weighted by Crippen LogP contribution is -2.32. The Bertz CT molecular complexity index is 793. The molecular formula is C18H21NO3S. The van der Waals surface area contributed by atoms with Crippen LogP contribution in [0.1, 0.15) is 43.6 Å². The summed E-state index contributed by atoms with van der Waals surface area (Å²) in [6.45, 7) is 2.53. The van der Waals surface area contributed by atoms with Crippen LogP contribution in [0.3, 0.4) is 0 Å². The third-order valence-corrected chi connectivity index (χ3v) is 6.69. The Balaban J connectivity index is 1.58. The molecule has 5 heteroatoms. The van der Waals surface area contributed by atoms with E-state index in [0.29, 0.717) is 23.3 Å². The molecule has 2 aromatic rings. The summed E-state index contributed by atoms with van der Waals surface area (Å²) in [5.74, 6) is 2.94. The van der Waals surface area contributed by atoms with Gasteiger partial charge in [0.2, 0.25) is 10.0 Å². The molecule has 2 atom stereocenters. The molecule has 2 fully saturated rings. The standard InChI is InChI=1S/C18H21NO3S/c1-13-11-17(13)18-10-9-15(22-18)12-19(14-7-8-14)23(20,21)16-5-3-2-4-6-16/h2-6,9-10,13-14,17H,7-8,11-12H2,1H3/t13-,17-/m0/s1.